The van der Waals surface area contributed by atoms with E-state index < -0.39 is 11.9 Å². The van der Waals surface area contributed by atoms with Crippen molar-refractivity contribution in [3.63, 3.8) is 0 Å². The maximum absolute atomic E-state index is 12.3. The van der Waals surface area contributed by atoms with Gasteiger partial charge in [-0.05, 0) is 29.8 Å². The van der Waals surface area contributed by atoms with Crippen molar-refractivity contribution in [1.82, 2.24) is 5.43 Å². The van der Waals surface area contributed by atoms with E-state index in [1.807, 2.05) is 0 Å². The third kappa shape index (κ3) is 4.29. The summed E-state index contributed by atoms with van der Waals surface area (Å²) in [5.41, 5.74) is 3.47. The van der Waals surface area contributed by atoms with Crippen LogP contribution in [0.3, 0.4) is 0 Å². The molecular weight excluding hydrogens is 340 g/mol. The first-order chi connectivity index (χ1) is 12.5. The average molecular weight is 358 g/mol. The molecule has 0 heterocycles. The zero-order chi connectivity index (χ0) is 19.1. The largest absolute Gasteiger partial charge is 0.493 e. The molecule has 2 aromatic carbocycles. The normalized spacial score (nSPS) is 10.4. The molecule has 136 valence electrons. The average Bonchev–Trinajstić information content (AvgIpc) is 2.66. The van der Waals surface area contributed by atoms with Crippen LogP contribution in [0.1, 0.15) is 26.3 Å². The number of hydrogen-bond donors (Lipinski definition) is 2. The number of nitrogens with zero attached hydrogens (tertiary/aromatic N) is 1. The summed E-state index contributed by atoms with van der Waals surface area (Å²) in [6.45, 7) is 0. The van der Waals surface area contributed by atoms with Crippen LogP contribution >= 0.6 is 0 Å². The highest BCUT2D eigenvalue weighted by atomic mass is 16.5. The molecule has 1 amide bonds. The Morgan fingerprint density at radius 1 is 0.962 bits per heavy atom. The molecule has 26 heavy (non-hydrogen) atoms. The summed E-state index contributed by atoms with van der Waals surface area (Å²) in [7, 11) is 4.38. The molecule has 0 atom stereocenters. The highest BCUT2D eigenvalue weighted by molar-refractivity contribution is 5.96. The first kappa shape index (κ1) is 18.8. The van der Waals surface area contributed by atoms with Crippen LogP contribution in [-0.2, 0) is 0 Å². The topological polar surface area (TPSA) is 106 Å². The minimum absolute atomic E-state index is 0.170. The predicted molar refractivity (Wildman–Crippen MR) is 94.6 cm³/mol. The maximum atomic E-state index is 12.3. The summed E-state index contributed by atoms with van der Waals surface area (Å²) in [6.07, 6.45) is 1.40. The number of ether oxygens (including phenoxy) is 3. The van der Waals surface area contributed by atoms with Gasteiger partial charge in [0.25, 0.3) is 5.91 Å². The van der Waals surface area contributed by atoms with E-state index in [-0.39, 0.29) is 11.1 Å². The SMILES string of the molecule is COc1cc(C(=O)N/N=C\c2ccc(C(=O)O)cc2)cc(OC)c1OC. The number of carboxylic acid groups (broad SMARTS) is 1. The van der Waals surface area contributed by atoms with Gasteiger partial charge in [0.1, 0.15) is 0 Å². The molecule has 0 spiro atoms. The van der Waals surface area contributed by atoms with E-state index in [2.05, 4.69) is 10.5 Å². The Morgan fingerprint density at radius 3 is 2.00 bits per heavy atom. The predicted octanol–water partition coefficient (Wildman–Crippen LogP) is 2.17. The van der Waals surface area contributed by atoms with Crippen LogP contribution in [-0.4, -0.2) is 44.5 Å². The second-order valence-corrected chi connectivity index (χ2v) is 5.04. The van der Waals surface area contributed by atoms with Crippen LogP contribution in [0.2, 0.25) is 0 Å². The molecule has 8 heteroatoms. The molecule has 0 unspecified atom stereocenters. The first-order valence-corrected chi connectivity index (χ1v) is 7.47. The van der Waals surface area contributed by atoms with Gasteiger partial charge in [-0.3, -0.25) is 4.79 Å². The molecule has 0 aliphatic carbocycles. The van der Waals surface area contributed by atoms with E-state index in [1.54, 1.807) is 12.1 Å². The number of nitrogens with one attached hydrogen (secondary N) is 1. The Morgan fingerprint density at radius 2 is 1.54 bits per heavy atom. The van der Waals surface area contributed by atoms with Gasteiger partial charge in [-0.15, -0.1) is 0 Å². The zero-order valence-electron chi connectivity index (χ0n) is 14.5. The van der Waals surface area contributed by atoms with E-state index in [4.69, 9.17) is 19.3 Å². The lowest BCUT2D eigenvalue weighted by Crippen LogP contribution is -2.18. The third-order valence-corrected chi connectivity index (χ3v) is 3.46. The van der Waals surface area contributed by atoms with Crippen molar-refractivity contribution in [2.24, 2.45) is 5.10 Å². The van der Waals surface area contributed by atoms with Crippen LogP contribution in [0, 0.1) is 0 Å². The summed E-state index contributed by atoms with van der Waals surface area (Å²) < 4.78 is 15.6. The minimum atomic E-state index is -1.01. The Labute approximate surface area is 150 Å². The number of aromatic carboxylic acids is 1. The van der Waals surface area contributed by atoms with Gasteiger partial charge in [0.2, 0.25) is 5.75 Å². The smallest absolute Gasteiger partial charge is 0.335 e. The number of carbonyl (C=O) groups is 2. The Kier molecular flexibility index (Phi) is 6.15. The van der Waals surface area contributed by atoms with Crippen LogP contribution in [0.4, 0.5) is 0 Å². The third-order valence-electron chi connectivity index (χ3n) is 3.46. The lowest BCUT2D eigenvalue weighted by Gasteiger charge is -2.13. The van der Waals surface area contributed by atoms with Crippen molar-refractivity contribution in [2.45, 2.75) is 0 Å². The van der Waals surface area contributed by atoms with E-state index >= 15 is 0 Å². The van der Waals surface area contributed by atoms with Crippen molar-refractivity contribution in [2.75, 3.05) is 21.3 Å². The molecule has 0 saturated carbocycles. The number of methoxy groups -OCH3 is 3. The Bertz CT molecular complexity index is 805. The van der Waals surface area contributed by atoms with Crippen molar-refractivity contribution < 1.29 is 28.9 Å². The van der Waals surface area contributed by atoms with Gasteiger partial charge >= 0.3 is 5.97 Å². The summed E-state index contributed by atoms with van der Waals surface area (Å²) in [5.74, 6) is -0.393. The van der Waals surface area contributed by atoms with E-state index in [9.17, 15) is 9.59 Å². The Balaban J connectivity index is 2.13. The van der Waals surface area contributed by atoms with Gasteiger partial charge in [-0.1, -0.05) is 12.1 Å². The Hall–Kier alpha value is -3.55. The molecular formula is C18H18N2O6. The molecule has 0 radical (unpaired) electrons. The molecule has 8 nitrogen and oxygen atoms in total. The fraction of sp³-hybridized carbons (Fsp3) is 0.167. The summed E-state index contributed by atoms with van der Waals surface area (Å²) in [4.78, 5) is 23.1. The molecule has 0 aromatic heterocycles. The van der Waals surface area contributed by atoms with E-state index in [0.717, 1.165) is 0 Å². The lowest BCUT2D eigenvalue weighted by molar-refractivity contribution is 0.0696. The number of amides is 1. The fourth-order valence-corrected chi connectivity index (χ4v) is 2.15. The van der Waals surface area contributed by atoms with Crippen molar-refractivity contribution in [1.29, 1.82) is 0 Å². The molecule has 0 saturated heterocycles. The molecule has 0 aliphatic heterocycles. The number of carboxylic acids is 1. The summed E-state index contributed by atoms with van der Waals surface area (Å²) >= 11 is 0. The molecule has 0 bridgehead atoms. The van der Waals surface area contributed by atoms with Crippen LogP contribution in [0.15, 0.2) is 41.5 Å². The quantitative estimate of drug-likeness (QED) is 0.580. The van der Waals surface area contributed by atoms with Gasteiger partial charge in [-0.25, -0.2) is 10.2 Å². The highest BCUT2D eigenvalue weighted by Gasteiger charge is 2.16. The molecule has 2 rings (SSSR count). The summed E-state index contributed by atoms with van der Waals surface area (Å²) in [6, 6.07) is 9.08. The maximum Gasteiger partial charge on any atom is 0.335 e. The molecule has 2 N–H and O–H groups in total. The van der Waals surface area contributed by atoms with Crippen molar-refractivity contribution in [3.05, 3.63) is 53.1 Å². The lowest BCUT2D eigenvalue weighted by atomic mass is 10.1. The van der Waals surface area contributed by atoms with Crippen LogP contribution in [0.25, 0.3) is 0 Å². The van der Waals surface area contributed by atoms with Crippen LogP contribution < -0.4 is 19.6 Å². The van der Waals surface area contributed by atoms with E-state index in [1.165, 1.54) is 51.8 Å². The van der Waals surface area contributed by atoms with Gasteiger partial charge < -0.3 is 19.3 Å². The van der Waals surface area contributed by atoms with Gasteiger partial charge in [0.05, 0.1) is 33.1 Å². The van der Waals surface area contributed by atoms with Gasteiger partial charge in [0, 0.05) is 5.56 Å². The first-order valence-electron chi connectivity index (χ1n) is 7.47. The second kappa shape index (κ2) is 8.52. The van der Waals surface area contributed by atoms with E-state index in [0.29, 0.717) is 22.8 Å². The molecule has 2 aromatic rings. The molecule has 0 aliphatic rings. The number of hydrazone groups is 1. The monoisotopic (exact) mass is 358 g/mol. The number of hydrogen-bond acceptors (Lipinski definition) is 6. The van der Waals surface area contributed by atoms with Crippen LogP contribution in [0.5, 0.6) is 17.2 Å². The van der Waals surface area contributed by atoms with Crippen molar-refractivity contribution >= 4 is 18.1 Å². The highest BCUT2D eigenvalue weighted by Crippen LogP contribution is 2.38. The van der Waals surface area contributed by atoms with Crippen molar-refractivity contribution in [3.8, 4) is 17.2 Å². The second-order valence-electron chi connectivity index (χ2n) is 5.04. The number of benzene rings is 2. The molecule has 0 fully saturated rings. The number of rotatable bonds is 7. The fourth-order valence-electron chi connectivity index (χ4n) is 2.15. The zero-order valence-corrected chi connectivity index (χ0v) is 14.5. The van der Waals surface area contributed by atoms with Gasteiger partial charge in [-0.2, -0.15) is 5.10 Å². The standard InChI is InChI=1S/C18H18N2O6/c1-24-14-8-13(9-15(25-2)16(14)26-3)17(21)20-19-10-11-4-6-12(7-5-11)18(22)23/h4-10H,1-3H3,(H,20,21)(H,22,23)/b19-10-. The minimum Gasteiger partial charge on any atom is -0.493 e. The summed E-state index contributed by atoms with van der Waals surface area (Å²) in [5, 5.41) is 12.7. The number of carbonyl (C=O) groups excluding carboxylic acids is 1. The van der Waals surface area contributed by atoms with Gasteiger partial charge in [0.15, 0.2) is 11.5 Å².